The molecule has 0 unspecified atom stereocenters. The van der Waals surface area contributed by atoms with Crippen molar-refractivity contribution in [1.82, 2.24) is 10.6 Å². The summed E-state index contributed by atoms with van der Waals surface area (Å²) in [5, 5.41) is 6.01. The van der Waals surface area contributed by atoms with E-state index in [2.05, 4.69) is 10.6 Å². The highest BCUT2D eigenvalue weighted by Gasteiger charge is 2.47. The summed E-state index contributed by atoms with van der Waals surface area (Å²) in [5.41, 5.74) is 0.128. The second-order valence-corrected chi connectivity index (χ2v) is 6.00. The van der Waals surface area contributed by atoms with E-state index in [1.807, 2.05) is 6.07 Å². The van der Waals surface area contributed by atoms with Gasteiger partial charge in [-0.05, 0) is 31.7 Å². The molecule has 0 aromatic heterocycles. The zero-order valence-electron chi connectivity index (χ0n) is 11.6. The Kier molecular flexibility index (Phi) is 3.64. The number of carbonyl (C=O) groups excluding carboxylic acids is 1. The predicted octanol–water partition coefficient (Wildman–Crippen LogP) is 3.45. The summed E-state index contributed by atoms with van der Waals surface area (Å²) < 4.78 is 13.9. The van der Waals surface area contributed by atoms with Gasteiger partial charge >= 0.3 is 6.03 Å². The van der Waals surface area contributed by atoms with Crippen molar-refractivity contribution in [3.05, 3.63) is 35.6 Å². The van der Waals surface area contributed by atoms with Crippen molar-refractivity contribution >= 4 is 6.03 Å². The zero-order chi connectivity index (χ0) is 14.0. The second-order valence-electron chi connectivity index (χ2n) is 6.00. The van der Waals surface area contributed by atoms with Gasteiger partial charge in [-0.15, -0.1) is 0 Å². The van der Waals surface area contributed by atoms with Crippen LogP contribution < -0.4 is 10.6 Å². The van der Waals surface area contributed by atoms with Crippen molar-refractivity contribution < 1.29 is 9.18 Å². The van der Waals surface area contributed by atoms with Crippen molar-refractivity contribution in [1.29, 1.82) is 0 Å². The van der Waals surface area contributed by atoms with Crippen LogP contribution in [0.1, 0.15) is 50.5 Å². The fourth-order valence-corrected chi connectivity index (χ4v) is 3.12. The standard InChI is InChI=1S/C16H21FN2O/c17-14-9-5-4-8-13(14)16(10-11-16)19-15(20)18-12-6-2-1-3-7-12/h4-5,8-9,12H,1-3,6-7,10-11H2,(H2,18,19,20). The third-order valence-corrected chi connectivity index (χ3v) is 4.43. The summed E-state index contributed by atoms with van der Waals surface area (Å²) in [5.74, 6) is -0.233. The Labute approximate surface area is 118 Å². The van der Waals surface area contributed by atoms with E-state index >= 15 is 0 Å². The molecule has 2 amide bonds. The van der Waals surface area contributed by atoms with E-state index in [1.165, 1.54) is 25.3 Å². The lowest BCUT2D eigenvalue weighted by Crippen LogP contribution is -2.47. The number of benzene rings is 1. The zero-order valence-corrected chi connectivity index (χ0v) is 11.6. The fraction of sp³-hybridized carbons (Fsp3) is 0.562. The first kappa shape index (κ1) is 13.4. The quantitative estimate of drug-likeness (QED) is 0.872. The monoisotopic (exact) mass is 276 g/mol. The van der Waals surface area contributed by atoms with Gasteiger partial charge in [0.2, 0.25) is 0 Å². The molecule has 4 heteroatoms. The molecule has 0 bridgehead atoms. The number of carbonyl (C=O) groups is 1. The average Bonchev–Trinajstić information content (AvgIpc) is 3.20. The number of halogens is 1. The predicted molar refractivity (Wildman–Crippen MR) is 75.9 cm³/mol. The maximum Gasteiger partial charge on any atom is 0.315 e. The summed E-state index contributed by atoms with van der Waals surface area (Å²) in [6.45, 7) is 0. The molecule has 2 aliphatic carbocycles. The minimum absolute atomic E-state index is 0.155. The first-order chi connectivity index (χ1) is 9.70. The Hall–Kier alpha value is -1.58. The lowest BCUT2D eigenvalue weighted by atomic mass is 9.96. The molecule has 2 saturated carbocycles. The molecule has 0 atom stereocenters. The van der Waals surface area contributed by atoms with Crippen LogP contribution in [0.25, 0.3) is 0 Å². The number of hydrogen-bond acceptors (Lipinski definition) is 1. The van der Waals surface area contributed by atoms with Crippen LogP contribution in [0.2, 0.25) is 0 Å². The molecule has 1 aromatic carbocycles. The van der Waals surface area contributed by atoms with Crippen LogP contribution in [0.5, 0.6) is 0 Å². The lowest BCUT2D eigenvalue weighted by Gasteiger charge is -2.25. The largest absolute Gasteiger partial charge is 0.335 e. The third-order valence-electron chi connectivity index (χ3n) is 4.43. The maximum atomic E-state index is 13.9. The van der Waals surface area contributed by atoms with E-state index in [9.17, 15) is 9.18 Å². The maximum absolute atomic E-state index is 13.9. The van der Waals surface area contributed by atoms with E-state index in [-0.39, 0.29) is 17.9 Å². The summed E-state index contributed by atoms with van der Waals surface area (Å²) in [4.78, 5) is 12.1. The van der Waals surface area contributed by atoms with Crippen molar-refractivity contribution in [2.75, 3.05) is 0 Å². The Balaban J connectivity index is 1.62. The van der Waals surface area contributed by atoms with Crippen LogP contribution >= 0.6 is 0 Å². The van der Waals surface area contributed by atoms with E-state index in [0.29, 0.717) is 5.56 Å². The smallest absolute Gasteiger partial charge is 0.315 e. The van der Waals surface area contributed by atoms with Crippen molar-refractivity contribution in [2.45, 2.75) is 56.5 Å². The Bertz CT molecular complexity index is 493. The Morgan fingerprint density at radius 1 is 1.15 bits per heavy atom. The van der Waals surface area contributed by atoms with E-state index in [1.54, 1.807) is 12.1 Å². The van der Waals surface area contributed by atoms with Gasteiger partial charge in [0.15, 0.2) is 0 Å². The highest BCUT2D eigenvalue weighted by Crippen LogP contribution is 2.46. The summed E-state index contributed by atoms with van der Waals surface area (Å²) >= 11 is 0. The Morgan fingerprint density at radius 2 is 1.85 bits per heavy atom. The van der Waals surface area contributed by atoms with Crippen molar-refractivity contribution in [3.8, 4) is 0 Å². The highest BCUT2D eigenvalue weighted by molar-refractivity contribution is 5.76. The van der Waals surface area contributed by atoms with Crippen LogP contribution in [0.4, 0.5) is 9.18 Å². The minimum Gasteiger partial charge on any atom is -0.335 e. The van der Waals surface area contributed by atoms with Gasteiger partial charge in [-0.25, -0.2) is 9.18 Å². The van der Waals surface area contributed by atoms with Crippen molar-refractivity contribution in [3.63, 3.8) is 0 Å². The van der Waals surface area contributed by atoms with Gasteiger partial charge in [0, 0.05) is 11.6 Å². The summed E-state index contributed by atoms with van der Waals surface area (Å²) in [7, 11) is 0. The topological polar surface area (TPSA) is 41.1 Å². The molecule has 0 saturated heterocycles. The van der Waals surface area contributed by atoms with Crippen LogP contribution in [-0.2, 0) is 5.54 Å². The molecule has 2 aliphatic rings. The third kappa shape index (κ3) is 2.79. The van der Waals surface area contributed by atoms with Gasteiger partial charge in [0.1, 0.15) is 5.82 Å². The van der Waals surface area contributed by atoms with Gasteiger partial charge in [-0.1, -0.05) is 37.5 Å². The molecule has 2 N–H and O–H groups in total. The molecular formula is C16H21FN2O. The van der Waals surface area contributed by atoms with Gasteiger partial charge < -0.3 is 10.6 Å². The van der Waals surface area contributed by atoms with Crippen LogP contribution in [0.15, 0.2) is 24.3 Å². The van der Waals surface area contributed by atoms with E-state index in [4.69, 9.17) is 0 Å². The average molecular weight is 276 g/mol. The van der Waals surface area contributed by atoms with Gasteiger partial charge in [0.25, 0.3) is 0 Å². The lowest BCUT2D eigenvalue weighted by molar-refractivity contribution is 0.227. The van der Waals surface area contributed by atoms with Crippen LogP contribution in [-0.4, -0.2) is 12.1 Å². The van der Waals surface area contributed by atoms with Gasteiger partial charge in [0.05, 0.1) is 5.54 Å². The number of hydrogen-bond donors (Lipinski definition) is 2. The second kappa shape index (κ2) is 5.43. The van der Waals surface area contributed by atoms with Crippen LogP contribution in [0, 0.1) is 5.82 Å². The number of urea groups is 1. The SMILES string of the molecule is O=C(NC1CCCCC1)NC1(c2ccccc2F)CC1. The molecule has 0 aliphatic heterocycles. The molecule has 1 aromatic rings. The van der Waals surface area contributed by atoms with Crippen molar-refractivity contribution in [2.24, 2.45) is 0 Å². The summed E-state index contributed by atoms with van der Waals surface area (Å²) in [6.07, 6.45) is 7.37. The first-order valence-electron chi connectivity index (χ1n) is 7.53. The molecule has 0 heterocycles. The number of rotatable bonds is 3. The molecule has 0 radical (unpaired) electrons. The molecule has 3 nitrogen and oxygen atoms in total. The highest BCUT2D eigenvalue weighted by atomic mass is 19.1. The summed E-state index contributed by atoms with van der Waals surface area (Å²) in [6, 6.07) is 6.84. The molecule has 108 valence electrons. The van der Waals surface area contributed by atoms with Gasteiger partial charge in [-0.2, -0.15) is 0 Å². The van der Waals surface area contributed by atoms with Gasteiger partial charge in [-0.3, -0.25) is 0 Å². The fourth-order valence-electron chi connectivity index (χ4n) is 3.12. The van der Waals surface area contributed by atoms with Crippen LogP contribution in [0.3, 0.4) is 0 Å². The number of amides is 2. The van der Waals surface area contributed by atoms with E-state index in [0.717, 1.165) is 25.7 Å². The first-order valence-corrected chi connectivity index (χ1v) is 7.53. The minimum atomic E-state index is -0.482. The molecule has 0 spiro atoms. The molecule has 20 heavy (non-hydrogen) atoms. The molecular weight excluding hydrogens is 255 g/mol. The molecule has 3 rings (SSSR count). The normalized spacial score (nSPS) is 21.2. The Morgan fingerprint density at radius 3 is 2.50 bits per heavy atom. The number of nitrogens with one attached hydrogen (secondary N) is 2. The van der Waals surface area contributed by atoms with E-state index < -0.39 is 5.54 Å². The molecule has 2 fully saturated rings.